The molecule has 2 fully saturated rings. The molecule has 2 saturated heterocycles. The largest absolute Gasteiger partial charge is 0.507 e. The molecule has 7 amide bonds. The van der Waals surface area contributed by atoms with Crippen molar-refractivity contribution in [3.05, 3.63) is 116 Å². The van der Waals surface area contributed by atoms with Gasteiger partial charge in [0.15, 0.2) is 29.9 Å². The van der Waals surface area contributed by atoms with E-state index in [1.54, 1.807) is 13.8 Å². The van der Waals surface area contributed by atoms with Gasteiger partial charge in [-0.3, -0.25) is 38.1 Å². The monoisotopic (exact) mass is 1750 g/mol. The zero-order chi connectivity index (χ0) is 88.2. The molecule has 11 bridgehead atoms. The van der Waals surface area contributed by atoms with Crippen LogP contribution in [0.15, 0.2) is 72.8 Å². The highest BCUT2D eigenvalue weighted by molar-refractivity contribution is 7.51. The number of phenolic OH excluding ortho intramolecular Hbond substituents is 3. The smallest absolute Gasteiger partial charge is 0.339 e. The fraction of sp³-hybridized carbons (Fsp3) is 0.525. The average molecular weight is 1760 g/mol. The van der Waals surface area contributed by atoms with E-state index in [4.69, 9.17) is 57.4 Å². The van der Waals surface area contributed by atoms with Crippen molar-refractivity contribution in [2.45, 2.75) is 221 Å². The van der Waals surface area contributed by atoms with Gasteiger partial charge in [0.1, 0.15) is 89.5 Å². The predicted molar refractivity (Wildman–Crippen MR) is 432 cm³/mol. The Bertz CT molecular complexity index is 4650. The molecule has 5 aromatic carbocycles. The number of hydrogen-bond acceptors (Lipinski definition) is 28. The fourth-order valence-corrected chi connectivity index (χ4v) is 16.0. The maximum Gasteiger partial charge on any atom is 0.339 e. The number of carboxylic acids is 1. The first kappa shape index (κ1) is 94.1. The standard InChI is InChI=1S/C80H106Cl2N11O27P/c1-7-8-9-10-11-12-13-14-21-85-22-23-87-80(5)32-57(115-37(4)71(80)103)119-70-68(102)67(101)55(34-94)118-79(70)120-69-53-28-41-29-54(69)117-52-20-17-40(27-46(52)82)65(99)63-77(109)91-61(78(110)111)43-30-50(96)44(33-86-35-121(112,113)114)66(100)58(43)42-25-38(15-18-49(42)95)59(74(106)93-63)90-75(107)60(41)89-73(105)48(31-56(83)97)88-76(108)62(92-72(104)47(84-6)24-36(2)3)64(98)39-16-19-51(116-53)45(81)26-39/h15-20,25-30,36-37,47-48,55,57,59-65,67-68,70-71,79,84-87,94-96,98-103H,7-14,21-24,31-35H2,1-6H3,(H2,83,97)(H,88,108)(H,89,105)(H,90,107)(H,91,109)(H,92,104)(H,93,106)(H,110,111)(H2,112,113,114)/t37-,47+,48-,55+,57?,59+,60+,61+,62+,63-,64+,65?,67+,68-,70+,71+,79?,80-/m0/s1. The van der Waals surface area contributed by atoms with E-state index in [9.17, 15) is 79.8 Å². The van der Waals surface area contributed by atoms with E-state index in [1.165, 1.54) is 51.3 Å². The first-order chi connectivity index (χ1) is 57.3. The van der Waals surface area contributed by atoms with Crippen LogP contribution in [0, 0.1) is 5.92 Å². The number of carbonyl (C=O) groups is 8. The number of primary amides is 1. The van der Waals surface area contributed by atoms with E-state index >= 15 is 24.0 Å². The Morgan fingerprint density at radius 3 is 1.91 bits per heavy atom. The molecule has 41 heteroatoms. The van der Waals surface area contributed by atoms with Crippen LogP contribution in [0.4, 0.5) is 0 Å². The molecule has 7 aliphatic rings. The number of ether oxygens (including phenoxy) is 6. The van der Waals surface area contributed by atoms with Gasteiger partial charge in [-0.05, 0) is 123 Å². The molecule has 24 N–H and O–H groups in total. The van der Waals surface area contributed by atoms with Gasteiger partial charge in [-0.15, -0.1) is 0 Å². The van der Waals surface area contributed by atoms with Gasteiger partial charge in [-0.25, -0.2) is 4.79 Å². The molecular weight excluding hydrogens is 1650 g/mol. The normalized spacial score (nSPS) is 26.7. The minimum absolute atomic E-state index is 0.123. The average Bonchev–Trinajstić information content (AvgIpc) is 1.36. The summed E-state index contributed by atoms with van der Waals surface area (Å²) in [4.78, 5) is 138. The maximum atomic E-state index is 16.3. The summed E-state index contributed by atoms with van der Waals surface area (Å²) < 4.78 is 51.4. The highest BCUT2D eigenvalue weighted by Crippen LogP contribution is 2.51. The molecule has 0 radical (unpaired) electrons. The van der Waals surface area contributed by atoms with Crippen LogP contribution in [-0.4, -0.2) is 227 Å². The summed E-state index contributed by atoms with van der Waals surface area (Å²) >= 11 is 14.3. The molecule has 0 aliphatic carbocycles. The number of carbonyl (C=O) groups excluding carboxylic acids is 7. The first-order valence-corrected chi connectivity index (χ1v) is 42.3. The Balaban J connectivity index is 1.17. The topological polar surface area (TPSA) is 598 Å². The second kappa shape index (κ2) is 41.4. The van der Waals surface area contributed by atoms with Crippen LogP contribution in [0.2, 0.25) is 10.0 Å². The van der Waals surface area contributed by atoms with Crippen LogP contribution >= 0.6 is 30.8 Å². The molecule has 0 saturated carbocycles. The fourth-order valence-electron chi connectivity index (χ4n) is 15.2. The van der Waals surface area contributed by atoms with Gasteiger partial charge in [0.05, 0.1) is 53.2 Å². The molecule has 18 atom stereocenters. The van der Waals surface area contributed by atoms with Crippen LogP contribution in [0.5, 0.6) is 46.0 Å². The third-order valence-electron chi connectivity index (χ3n) is 21.7. The third kappa shape index (κ3) is 23.0. The Morgan fingerprint density at radius 2 is 1.31 bits per heavy atom. The van der Waals surface area contributed by atoms with Crippen molar-refractivity contribution in [1.29, 1.82) is 0 Å². The van der Waals surface area contributed by atoms with Crippen LogP contribution in [-0.2, 0) is 63.7 Å². The van der Waals surface area contributed by atoms with Crippen molar-refractivity contribution in [1.82, 2.24) is 53.2 Å². The molecule has 662 valence electrons. The summed E-state index contributed by atoms with van der Waals surface area (Å²) in [5.74, 6) is -17.1. The number of likely N-dealkylation sites (N-methyl/N-ethyl adjacent to an activating group) is 1. The number of aliphatic hydroxyl groups is 6. The van der Waals surface area contributed by atoms with E-state index in [0.717, 1.165) is 86.5 Å². The summed E-state index contributed by atoms with van der Waals surface area (Å²) in [6, 6.07) is -2.39. The van der Waals surface area contributed by atoms with Crippen molar-refractivity contribution < 1.29 is 132 Å². The van der Waals surface area contributed by atoms with E-state index in [1.807, 2.05) is 13.8 Å². The van der Waals surface area contributed by atoms with Crippen LogP contribution in [0.25, 0.3) is 11.1 Å². The second-order valence-electron chi connectivity index (χ2n) is 31.3. The minimum atomic E-state index is -4.85. The quantitative estimate of drug-likeness (QED) is 0.0232. The van der Waals surface area contributed by atoms with E-state index < -0.39 is 269 Å². The summed E-state index contributed by atoms with van der Waals surface area (Å²) in [5.41, 5.74) is 0.545. The zero-order valence-electron chi connectivity index (χ0n) is 67.1. The van der Waals surface area contributed by atoms with Gasteiger partial charge in [0, 0.05) is 48.3 Å². The third-order valence-corrected chi connectivity index (χ3v) is 22.9. The number of benzene rings is 5. The summed E-state index contributed by atoms with van der Waals surface area (Å²) in [7, 11) is -3.38. The Hall–Kier alpha value is -9.13. The van der Waals surface area contributed by atoms with Crippen LogP contribution < -0.4 is 73.1 Å². The number of aliphatic carboxylic acids is 1. The number of nitrogens with one attached hydrogen (secondary N) is 10. The number of aromatic hydroxyl groups is 3. The van der Waals surface area contributed by atoms with Gasteiger partial charge >= 0.3 is 13.6 Å². The molecule has 0 spiro atoms. The Morgan fingerprint density at radius 1 is 0.694 bits per heavy atom. The number of carboxylic acid groups (broad SMARTS) is 1. The molecule has 7 heterocycles. The number of phenols is 3. The molecule has 38 nitrogen and oxygen atoms in total. The number of halogens is 2. The zero-order valence-corrected chi connectivity index (χ0v) is 69.5. The van der Waals surface area contributed by atoms with E-state index in [0.29, 0.717) is 13.1 Å². The van der Waals surface area contributed by atoms with Gasteiger partial charge in [0.25, 0.3) is 0 Å². The van der Waals surface area contributed by atoms with Gasteiger partial charge in [0.2, 0.25) is 53.4 Å². The molecular formula is C80H106Cl2N11O27P. The second-order valence-corrected chi connectivity index (χ2v) is 33.7. The molecule has 5 aromatic rings. The molecule has 0 aromatic heterocycles. The van der Waals surface area contributed by atoms with Gasteiger partial charge in [-0.1, -0.05) is 107 Å². The summed E-state index contributed by atoms with van der Waals surface area (Å²) in [6.45, 7) is 8.98. The SMILES string of the molecule is CCCCCCCCCCNCCN[C@@]1(C)CC(O[C@H]2C(Oc3c4cc5cc3Oc3ccc(cc3Cl)[C@@H](O)[C@@H](NC(=O)[C@@H](CC(C)C)NC)C(=O)N[C@@H](CC(N)=O)C(=O)N[C@H]5C(=O)N[C@H]3C(=O)N[C@H](C(=O)N[C@@H](C(=O)O)c5cc(O)c(CNCP(=O)(O)O)c(O)c5-c5cc3ccc5O)C(O)c3ccc(c(Cl)c3)O4)O[C@H](CO)[C@@H](O)[C@@H]2O)O[C@@H](C)[C@H]1O. The number of unbranched alkanes of at least 4 members (excludes halogenated alkanes) is 7. The maximum absolute atomic E-state index is 16.3. The van der Waals surface area contributed by atoms with Gasteiger partial charge < -0.3 is 148 Å². The number of aliphatic hydroxyl groups excluding tert-OH is 6. The number of fused-ring (bicyclic) bond motifs is 15. The van der Waals surface area contributed by atoms with Crippen molar-refractivity contribution in [2.24, 2.45) is 11.7 Å². The van der Waals surface area contributed by atoms with Crippen molar-refractivity contribution in [3.63, 3.8) is 0 Å². The first-order valence-electron chi connectivity index (χ1n) is 39.7. The lowest BCUT2D eigenvalue weighted by Gasteiger charge is -2.48. The van der Waals surface area contributed by atoms with E-state index in [-0.39, 0.29) is 40.7 Å². The minimum Gasteiger partial charge on any atom is -0.507 e. The summed E-state index contributed by atoms with van der Waals surface area (Å²) in [6.07, 6.45) is -10.6. The number of hydrogen-bond donors (Lipinski definition) is 23. The molecule has 7 aliphatic heterocycles. The highest BCUT2D eigenvalue weighted by atomic mass is 35.5. The lowest BCUT2D eigenvalue weighted by Crippen LogP contribution is -2.65. The lowest BCUT2D eigenvalue weighted by molar-refractivity contribution is -0.334. The molecule has 121 heavy (non-hydrogen) atoms. The van der Waals surface area contributed by atoms with Crippen molar-refractivity contribution in [3.8, 4) is 57.1 Å². The molecule has 12 rings (SSSR count). The Kier molecular flexibility index (Phi) is 32.2. The summed E-state index contributed by atoms with van der Waals surface area (Å²) in [5, 5.41) is 144. The number of amides is 7. The van der Waals surface area contributed by atoms with E-state index in [2.05, 4.69) is 60.1 Å². The van der Waals surface area contributed by atoms with Crippen LogP contribution in [0.1, 0.15) is 169 Å². The lowest BCUT2D eigenvalue weighted by atomic mass is 9.85. The van der Waals surface area contributed by atoms with Gasteiger partial charge in [-0.2, -0.15) is 0 Å². The number of nitrogens with two attached hydrogens (primary N) is 1. The highest BCUT2D eigenvalue weighted by Gasteiger charge is 2.52. The molecule has 3 unspecified atom stereocenters. The number of rotatable bonds is 30. The van der Waals surface area contributed by atoms with Crippen LogP contribution in [0.3, 0.4) is 0 Å². The van der Waals surface area contributed by atoms with Crippen molar-refractivity contribution >= 4 is 78.1 Å². The predicted octanol–water partition coefficient (Wildman–Crippen LogP) is 2.69. The Labute approximate surface area is 705 Å². The van der Waals surface area contributed by atoms with Crippen molar-refractivity contribution in [2.75, 3.05) is 39.6 Å².